The van der Waals surface area contributed by atoms with E-state index in [-0.39, 0.29) is 18.0 Å². The zero-order chi connectivity index (χ0) is 21.0. The topological polar surface area (TPSA) is 66.5 Å². The second-order valence-corrected chi connectivity index (χ2v) is 9.71. The van der Waals surface area contributed by atoms with Crippen LogP contribution in [0.4, 0.5) is 20.6 Å². The van der Waals surface area contributed by atoms with Gasteiger partial charge in [-0.3, -0.25) is 0 Å². The molecule has 2 heterocycles. The summed E-state index contributed by atoms with van der Waals surface area (Å²) in [7, 11) is 0. The number of hydrogen-bond acceptors (Lipinski definition) is 6. The third-order valence-corrected chi connectivity index (χ3v) is 5.58. The van der Waals surface area contributed by atoms with Crippen molar-refractivity contribution in [3.05, 3.63) is 39.6 Å². The molecule has 0 bridgehead atoms. The predicted molar refractivity (Wildman–Crippen MR) is 115 cm³/mol. The summed E-state index contributed by atoms with van der Waals surface area (Å²) in [5.41, 5.74) is 1.02. The summed E-state index contributed by atoms with van der Waals surface area (Å²) in [5.74, 6) is -0.305. The molecule has 1 fully saturated rings. The average molecular weight is 441 g/mol. The lowest BCUT2D eigenvalue weighted by molar-refractivity contribution is 0.0210. The number of rotatable bonds is 5. The highest BCUT2D eigenvalue weighted by atomic mass is 35.5. The van der Waals surface area contributed by atoms with Crippen molar-refractivity contribution in [1.29, 1.82) is 0 Å². The molecule has 0 aliphatic carbocycles. The first-order valence-electron chi connectivity index (χ1n) is 9.58. The van der Waals surface area contributed by atoms with Gasteiger partial charge in [-0.1, -0.05) is 11.6 Å². The van der Waals surface area contributed by atoms with Gasteiger partial charge in [-0.15, -0.1) is 11.3 Å². The van der Waals surface area contributed by atoms with E-state index in [2.05, 4.69) is 15.6 Å². The highest BCUT2D eigenvalue weighted by Crippen LogP contribution is 2.27. The van der Waals surface area contributed by atoms with Crippen LogP contribution in [0, 0.1) is 5.82 Å². The number of halogens is 2. The first-order valence-corrected chi connectivity index (χ1v) is 10.8. The molecule has 1 aliphatic rings. The molecule has 1 aliphatic heterocycles. The number of carbonyl (C=O) groups excluding carboxylic acids is 1. The van der Waals surface area contributed by atoms with Gasteiger partial charge in [-0.05, 0) is 51.8 Å². The van der Waals surface area contributed by atoms with Gasteiger partial charge in [-0.25, -0.2) is 14.2 Å². The highest BCUT2D eigenvalue weighted by Gasteiger charge is 2.27. The summed E-state index contributed by atoms with van der Waals surface area (Å²) in [6.07, 6.45) is 3.02. The van der Waals surface area contributed by atoms with Gasteiger partial charge in [0.25, 0.3) is 0 Å². The molecule has 9 heteroatoms. The predicted octanol–water partition coefficient (Wildman–Crippen LogP) is 5.36. The Labute approximate surface area is 179 Å². The van der Waals surface area contributed by atoms with Crippen molar-refractivity contribution < 1.29 is 13.9 Å². The molecule has 0 saturated carbocycles. The molecular weight excluding hydrogens is 415 g/mol. The van der Waals surface area contributed by atoms with E-state index in [0.717, 1.165) is 23.4 Å². The molecule has 29 heavy (non-hydrogen) atoms. The zero-order valence-electron chi connectivity index (χ0n) is 16.8. The zero-order valence-corrected chi connectivity index (χ0v) is 18.4. The highest BCUT2D eigenvalue weighted by molar-refractivity contribution is 7.15. The van der Waals surface area contributed by atoms with Gasteiger partial charge in [0.1, 0.15) is 11.4 Å². The molecular formula is C20H26ClFN4O2S. The van der Waals surface area contributed by atoms with Crippen molar-refractivity contribution >= 4 is 40.4 Å². The SMILES string of the molecule is CC(C)(C)OC(=O)N1CCC(Nc2ccc(F)cc2NCc2cnc(Cl)s2)CC1. The number of carbonyl (C=O) groups is 1. The van der Waals surface area contributed by atoms with Crippen LogP contribution in [0.5, 0.6) is 0 Å². The second-order valence-electron chi connectivity index (χ2n) is 8.01. The van der Waals surface area contributed by atoms with Crippen LogP contribution in [0.15, 0.2) is 24.4 Å². The number of ether oxygens (including phenoxy) is 1. The van der Waals surface area contributed by atoms with Gasteiger partial charge in [0.05, 0.1) is 17.9 Å². The normalized spacial score (nSPS) is 15.3. The third kappa shape index (κ3) is 6.47. The fraction of sp³-hybridized carbons (Fsp3) is 0.500. The van der Waals surface area contributed by atoms with Crippen molar-refractivity contribution in [3.8, 4) is 0 Å². The number of nitrogens with zero attached hydrogens (tertiary/aromatic N) is 2. The molecule has 1 aromatic heterocycles. The summed E-state index contributed by atoms with van der Waals surface area (Å²) in [5, 5.41) is 6.73. The van der Waals surface area contributed by atoms with Crippen LogP contribution in [0.2, 0.25) is 4.47 Å². The van der Waals surface area contributed by atoms with Crippen molar-refractivity contribution in [1.82, 2.24) is 9.88 Å². The largest absolute Gasteiger partial charge is 0.444 e. The number of piperidine rings is 1. The molecule has 3 rings (SSSR count). The van der Waals surface area contributed by atoms with E-state index >= 15 is 0 Å². The number of thiazole rings is 1. The van der Waals surface area contributed by atoms with Crippen LogP contribution in [0.25, 0.3) is 0 Å². The van der Waals surface area contributed by atoms with Crippen molar-refractivity contribution in [2.24, 2.45) is 0 Å². The molecule has 2 N–H and O–H groups in total. The molecule has 0 unspecified atom stereocenters. The minimum atomic E-state index is -0.497. The van der Waals surface area contributed by atoms with Crippen LogP contribution in [-0.2, 0) is 11.3 Å². The number of nitrogens with one attached hydrogen (secondary N) is 2. The van der Waals surface area contributed by atoms with Crippen LogP contribution in [0.1, 0.15) is 38.5 Å². The van der Waals surface area contributed by atoms with Gasteiger partial charge < -0.3 is 20.3 Å². The Bertz CT molecular complexity index is 847. The molecule has 0 spiro atoms. The first-order chi connectivity index (χ1) is 13.7. The van der Waals surface area contributed by atoms with Crippen molar-refractivity contribution in [2.75, 3.05) is 23.7 Å². The minimum Gasteiger partial charge on any atom is -0.444 e. The lowest BCUT2D eigenvalue weighted by Gasteiger charge is -2.34. The van der Waals surface area contributed by atoms with Crippen LogP contribution >= 0.6 is 22.9 Å². The minimum absolute atomic E-state index is 0.192. The molecule has 1 saturated heterocycles. The molecule has 6 nitrogen and oxygen atoms in total. The summed E-state index contributed by atoms with van der Waals surface area (Å²) in [6.45, 7) is 7.35. The number of anilines is 2. The summed E-state index contributed by atoms with van der Waals surface area (Å²) < 4.78 is 19.7. The third-order valence-electron chi connectivity index (χ3n) is 4.47. The maximum Gasteiger partial charge on any atom is 0.410 e. The van der Waals surface area contributed by atoms with Gasteiger partial charge >= 0.3 is 6.09 Å². The maximum atomic E-state index is 13.8. The van der Waals surface area contributed by atoms with Crippen molar-refractivity contribution in [2.45, 2.75) is 51.8 Å². The molecule has 1 amide bonds. The summed E-state index contributed by atoms with van der Waals surface area (Å²) in [6, 6.07) is 4.84. The molecule has 158 valence electrons. The summed E-state index contributed by atoms with van der Waals surface area (Å²) in [4.78, 5) is 18.9. The van der Waals surface area contributed by atoms with Gasteiger partial charge in [0.2, 0.25) is 0 Å². The molecule has 0 radical (unpaired) electrons. The Kier molecular flexibility index (Phi) is 6.85. The molecule has 2 aromatic rings. The Morgan fingerprint density at radius 2 is 2.07 bits per heavy atom. The maximum absolute atomic E-state index is 13.8. The molecule has 0 atom stereocenters. The van der Waals surface area contributed by atoms with Gasteiger partial charge in [0.15, 0.2) is 4.47 Å². The fourth-order valence-electron chi connectivity index (χ4n) is 3.09. The lowest BCUT2D eigenvalue weighted by atomic mass is 10.0. The lowest BCUT2D eigenvalue weighted by Crippen LogP contribution is -2.44. The monoisotopic (exact) mass is 440 g/mol. The van der Waals surface area contributed by atoms with E-state index in [1.807, 2.05) is 20.8 Å². The second kappa shape index (κ2) is 9.17. The van der Waals surface area contributed by atoms with Crippen LogP contribution in [0.3, 0.4) is 0 Å². The van der Waals surface area contributed by atoms with E-state index in [9.17, 15) is 9.18 Å². The number of benzene rings is 1. The Hall–Kier alpha value is -2.06. The standard InChI is InChI=1S/C20H26ClFN4O2S/c1-20(2,3)28-19(27)26-8-6-14(7-9-26)25-16-5-4-13(22)10-17(16)23-11-15-12-24-18(21)29-15/h4-5,10,12,14,23,25H,6-9,11H2,1-3H3. The van der Waals surface area contributed by atoms with E-state index in [1.54, 1.807) is 17.2 Å². The Balaban J connectivity index is 1.57. The van der Waals surface area contributed by atoms with E-state index < -0.39 is 5.60 Å². The van der Waals surface area contributed by atoms with Crippen molar-refractivity contribution in [3.63, 3.8) is 0 Å². The number of aromatic nitrogens is 1. The van der Waals surface area contributed by atoms with Gasteiger partial charge in [0, 0.05) is 30.2 Å². The van der Waals surface area contributed by atoms with E-state index in [1.165, 1.54) is 23.5 Å². The first kappa shape index (κ1) is 21.6. The fourth-order valence-corrected chi connectivity index (χ4v) is 4.01. The molecule has 1 aromatic carbocycles. The number of hydrogen-bond donors (Lipinski definition) is 2. The number of amides is 1. The van der Waals surface area contributed by atoms with Crippen LogP contribution < -0.4 is 10.6 Å². The van der Waals surface area contributed by atoms with E-state index in [4.69, 9.17) is 16.3 Å². The number of likely N-dealkylation sites (tertiary alicyclic amines) is 1. The Morgan fingerprint density at radius 3 is 2.69 bits per heavy atom. The summed E-state index contributed by atoms with van der Waals surface area (Å²) >= 11 is 7.25. The average Bonchev–Trinajstić information content (AvgIpc) is 3.06. The Morgan fingerprint density at radius 1 is 1.34 bits per heavy atom. The van der Waals surface area contributed by atoms with Crippen LogP contribution in [-0.4, -0.2) is 40.7 Å². The quantitative estimate of drug-likeness (QED) is 0.655. The van der Waals surface area contributed by atoms with Gasteiger partial charge in [-0.2, -0.15) is 0 Å². The van der Waals surface area contributed by atoms with E-state index in [0.29, 0.717) is 29.8 Å². The smallest absolute Gasteiger partial charge is 0.410 e.